The molecule has 21 heavy (non-hydrogen) atoms. The maximum Gasteiger partial charge on any atom is 0.136 e. The molecular formula is C20H34O. The zero-order chi connectivity index (χ0) is 15.4. The third-order valence-corrected chi connectivity index (χ3v) is 7.68. The van der Waals surface area contributed by atoms with E-state index in [0.29, 0.717) is 34.4 Å². The lowest BCUT2D eigenvalue weighted by atomic mass is 9.43. The molecule has 1 nitrogen and oxygen atoms in total. The topological polar surface area (TPSA) is 17.1 Å². The molecule has 0 amide bonds. The van der Waals surface area contributed by atoms with Crippen LogP contribution in [-0.2, 0) is 4.79 Å². The van der Waals surface area contributed by atoms with Gasteiger partial charge in [0.2, 0.25) is 0 Å². The van der Waals surface area contributed by atoms with Gasteiger partial charge in [-0.05, 0) is 66.6 Å². The first kappa shape index (κ1) is 15.6. The van der Waals surface area contributed by atoms with Crippen LogP contribution in [0.15, 0.2) is 0 Å². The highest BCUT2D eigenvalue weighted by Gasteiger charge is 2.57. The summed E-state index contributed by atoms with van der Waals surface area (Å²) in [5.74, 6) is 3.82. The van der Waals surface area contributed by atoms with Gasteiger partial charge in [0.05, 0.1) is 0 Å². The smallest absolute Gasteiger partial charge is 0.136 e. The molecule has 0 heterocycles. The lowest BCUT2D eigenvalue weighted by Crippen LogP contribution is -2.55. The summed E-state index contributed by atoms with van der Waals surface area (Å²) in [6, 6.07) is 0. The highest BCUT2D eigenvalue weighted by atomic mass is 16.1. The summed E-state index contributed by atoms with van der Waals surface area (Å²) in [7, 11) is 0. The maximum atomic E-state index is 12.5. The number of rotatable bonds is 1. The fourth-order valence-electron chi connectivity index (χ4n) is 6.92. The third kappa shape index (κ3) is 2.30. The van der Waals surface area contributed by atoms with Gasteiger partial charge in [0.1, 0.15) is 5.78 Å². The van der Waals surface area contributed by atoms with Gasteiger partial charge in [-0.15, -0.1) is 0 Å². The molecule has 0 aromatic rings. The first-order chi connectivity index (χ1) is 9.77. The molecule has 3 saturated carbocycles. The van der Waals surface area contributed by atoms with Crippen LogP contribution in [0.1, 0.15) is 79.6 Å². The predicted octanol–water partition coefficient (Wildman–Crippen LogP) is 5.48. The van der Waals surface area contributed by atoms with Crippen LogP contribution < -0.4 is 0 Å². The highest BCUT2D eigenvalue weighted by molar-refractivity contribution is 5.82. The number of carbonyl (C=O) groups is 1. The molecule has 5 atom stereocenters. The SMILES string of the molecule is CC(C)[C@@H]1C(=O)CC[C@H]2[C@H]1CC[C@H]1C(C)(C)CCC[C@]21C. The molecule has 3 rings (SSSR count). The lowest BCUT2D eigenvalue weighted by Gasteiger charge is -2.62. The van der Waals surface area contributed by atoms with E-state index < -0.39 is 0 Å². The molecule has 3 fully saturated rings. The number of hydrogen-bond acceptors (Lipinski definition) is 1. The maximum absolute atomic E-state index is 12.5. The van der Waals surface area contributed by atoms with Gasteiger partial charge in [-0.2, -0.15) is 0 Å². The van der Waals surface area contributed by atoms with Crippen molar-refractivity contribution in [1.29, 1.82) is 0 Å². The van der Waals surface area contributed by atoms with Gasteiger partial charge >= 0.3 is 0 Å². The van der Waals surface area contributed by atoms with Gasteiger partial charge in [0, 0.05) is 12.3 Å². The molecule has 0 bridgehead atoms. The molecule has 0 N–H and O–H groups in total. The average molecular weight is 290 g/mol. The second-order valence-electron chi connectivity index (χ2n) is 9.52. The van der Waals surface area contributed by atoms with E-state index in [-0.39, 0.29) is 0 Å². The van der Waals surface area contributed by atoms with Crippen molar-refractivity contribution in [3.63, 3.8) is 0 Å². The molecule has 0 saturated heterocycles. The predicted molar refractivity (Wildman–Crippen MR) is 88.0 cm³/mol. The Morgan fingerprint density at radius 2 is 1.76 bits per heavy atom. The Balaban J connectivity index is 1.93. The summed E-state index contributed by atoms with van der Waals surface area (Å²) >= 11 is 0. The van der Waals surface area contributed by atoms with Crippen LogP contribution in [0.5, 0.6) is 0 Å². The standard InChI is InChI=1S/C20H34O/c1-13(2)18-14-7-10-17-19(3,4)11-6-12-20(17,5)15(14)8-9-16(18)21/h13-15,17-18H,6-12H2,1-5H3/t14-,15+,17+,18+,20-/m1/s1. The zero-order valence-corrected chi connectivity index (χ0v) is 14.7. The van der Waals surface area contributed by atoms with E-state index in [0.717, 1.165) is 18.3 Å². The van der Waals surface area contributed by atoms with Crippen molar-refractivity contribution in [3.8, 4) is 0 Å². The van der Waals surface area contributed by atoms with Crippen molar-refractivity contribution in [2.45, 2.75) is 79.6 Å². The summed E-state index contributed by atoms with van der Waals surface area (Å²) in [6.45, 7) is 12.1. The van der Waals surface area contributed by atoms with Crippen LogP contribution in [-0.4, -0.2) is 5.78 Å². The lowest BCUT2D eigenvalue weighted by molar-refractivity contribution is -0.150. The quantitative estimate of drug-likeness (QED) is 0.625. The minimum atomic E-state index is 0.353. The molecule has 0 radical (unpaired) electrons. The highest BCUT2D eigenvalue weighted by Crippen LogP contribution is 2.64. The second-order valence-corrected chi connectivity index (χ2v) is 9.52. The molecular weight excluding hydrogens is 256 g/mol. The molecule has 0 unspecified atom stereocenters. The van der Waals surface area contributed by atoms with Gasteiger partial charge in [-0.25, -0.2) is 0 Å². The second kappa shape index (κ2) is 5.10. The number of ketones is 1. The monoisotopic (exact) mass is 290 g/mol. The number of carbonyl (C=O) groups excluding carboxylic acids is 1. The summed E-state index contributed by atoms with van der Waals surface area (Å²) < 4.78 is 0. The molecule has 3 aliphatic rings. The zero-order valence-electron chi connectivity index (χ0n) is 14.7. The Hall–Kier alpha value is -0.330. The Bertz CT molecular complexity index is 422. The van der Waals surface area contributed by atoms with Gasteiger partial charge in [0.25, 0.3) is 0 Å². The van der Waals surface area contributed by atoms with Crippen LogP contribution in [0.2, 0.25) is 0 Å². The van der Waals surface area contributed by atoms with Gasteiger partial charge < -0.3 is 0 Å². The van der Waals surface area contributed by atoms with E-state index in [4.69, 9.17) is 0 Å². The number of hydrogen-bond donors (Lipinski definition) is 0. The fourth-order valence-corrected chi connectivity index (χ4v) is 6.92. The van der Waals surface area contributed by atoms with E-state index in [2.05, 4.69) is 34.6 Å². The van der Waals surface area contributed by atoms with Crippen LogP contribution in [0.3, 0.4) is 0 Å². The summed E-state index contributed by atoms with van der Waals surface area (Å²) in [6.07, 6.45) is 8.90. The fraction of sp³-hybridized carbons (Fsp3) is 0.950. The molecule has 0 spiro atoms. The largest absolute Gasteiger partial charge is 0.299 e. The number of Topliss-reactive ketones (excluding diaryl/α,β-unsaturated/α-hetero) is 1. The average Bonchev–Trinajstić information content (AvgIpc) is 2.36. The Morgan fingerprint density at radius 1 is 1.05 bits per heavy atom. The summed E-state index contributed by atoms with van der Waals surface area (Å²) in [5.41, 5.74) is 1.01. The summed E-state index contributed by atoms with van der Waals surface area (Å²) in [4.78, 5) is 12.5. The van der Waals surface area contributed by atoms with Crippen LogP contribution in [0, 0.1) is 40.4 Å². The van der Waals surface area contributed by atoms with Crippen molar-refractivity contribution >= 4 is 5.78 Å². The Labute approximate surface area is 131 Å². The van der Waals surface area contributed by atoms with Crippen LogP contribution >= 0.6 is 0 Å². The molecule has 120 valence electrons. The minimum Gasteiger partial charge on any atom is -0.299 e. The first-order valence-electron chi connectivity index (χ1n) is 9.30. The van der Waals surface area contributed by atoms with E-state index in [1.165, 1.54) is 38.5 Å². The van der Waals surface area contributed by atoms with E-state index in [1.807, 2.05) is 0 Å². The van der Waals surface area contributed by atoms with Gasteiger partial charge in [-0.3, -0.25) is 4.79 Å². The summed E-state index contributed by atoms with van der Waals surface area (Å²) in [5, 5.41) is 0. The van der Waals surface area contributed by atoms with E-state index in [9.17, 15) is 4.79 Å². The molecule has 3 aliphatic carbocycles. The van der Waals surface area contributed by atoms with Crippen LogP contribution in [0.4, 0.5) is 0 Å². The number of fused-ring (bicyclic) bond motifs is 3. The molecule has 1 heteroatoms. The van der Waals surface area contributed by atoms with E-state index in [1.54, 1.807) is 0 Å². The molecule has 0 aromatic heterocycles. The Morgan fingerprint density at radius 3 is 2.43 bits per heavy atom. The van der Waals surface area contributed by atoms with Crippen molar-refractivity contribution in [2.24, 2.45) is 40.4 Å². The van der Waals surface area contributed by atoms with Crippen molar-refractivity contribution in [3.05, 3.63) is 0 Å². The van der Waals surface area contributed by atoms with Gasteiger partial charge in [0.15, 0.2) is 0 Å². The first-order valence-corrected chi connectivity index (χ1v) is 9.30. The van der Waals surface area contributed by atoms with Crippen LogP contribution in [0.25, 0.3) is 0 Å². The van der Waals surface area contributed by atoms with E-state index >= 15 is 0 Å². The molecule has 0 aliphatic heterocycles. The van der Waals surface area contributed by atoms with Crippen molar-refractivity contribution < 1.29 is 4.79 Å². The third-order valence-electron chi connectivity index (χ3n) is 7.68. The Kier molecular flexibility index (Phi) is 3.78. The van der Waals surface area contributed by atoms with Crippen molar-refractivity contribution in [1.82, 2.24) is 0 Å². The minimum absolute atomic E-state index is 0.353. The normalized spacial score (nSPS) is 46.1. The van der Waals surface area contributed by atoms with Crippen molar-refractivity contribution in [2.75, 3.05) is 0 Å². The van der Waals surface area contributed by atoms with Gasteiger partial charge in [-0.1, -0.05) is 41.0 Å². The molecule has 0 aromatic carbocycles.